The second-order valence-corrected chi connectivity index (χ2v) is 10.8. The molecule has 1 aliphatic carbocycles. The lowest BCUT2D eigenvalue weighted by Gasteiger charge is -2.26. The molecule has 1 aromatic heterocycles. The van der Waals surface area contributed by atoms with Crippen molar-refractivity contribution in [2.75, 3.05) is 50.6 Å². The first kappa shape index (κ1) is 27.1. The molecule has 1 saturated heterocycles. The van der Waals surface area contributed by atoms with Crippen LogP contribution in [0, 0.1) is 11.8 Å². The molecule has 0 bridgehead atoms. The van der Waals surface area contributed by atoms with Crippen LogP contribution in [0.3, 0.4) is 0 Å². The SMILES string of the molecule is CC(Nc1ncnc2cc(OCC3CC3)c(NC(=O)C=CCN(C)CC3CCOCC3)cc12)c1ccccc1. The van der Waals surface area contributed by atoms with E-state index in [1.54, 1.807) is 12.4 Å². The van der Waals surface area contributed by atoms with E-state index in [-0.39, 0.29) is 11.9 Å². The number of likely N-dealkylation sites (N-methyl/N-ethyl adjacent to an activating group) is 1. The van der Waals surface area contributed by atoms with E-state index in [1.807, 2.05) is 36.4 Å². The van der Waals surface area contributed by atoms with Crippen molar-refractivity contribution in [1.82, 2.24) is 14.9 Å². The number of hydrogen-bond donors (Lipinski definition) is 2. The summed E-state index contributed by atoms with van der Waals surface area (Å²) in [6, 6.07) is 14.1. The molecule has 1 aliphatic heterocycles. The highest BCUT2D eigenvalue weighted by atomic mass is 16.5. The van der Waals surface area contributed by atoms with Gasteiger partial charge in [0.1, 0.15) is 17.9 Å². The van der Waals surface area contributed by atoms with Gasteiger partial charge in [-0.3, -0.25) is 4.79 Å². The number of carbonyl (C=O) groups is 1. The number of amides is 1. The minimum absolute atomic E-state index is 0.0502. The maximum atomic E-state index is 12.9. The number of aromatic nitrogens is 2. The van der Waals surface area contributed by atoms with Crippen molar-refractivity contribution in [1.29, 1.82) is 0 Å². The molecule has 2 aromatic carbocycles. The van der Waals surface area contributed by atoms with Gasteiger partial charge in [-0.05, 0) is 63.1 Å². The number of carbonyl (C=O) groups excluding carboxylic acids is 1. The predicted molar refractivity (Wildman–Crippen MR) is 155 cm³/mol. The molecule has 8 heteroatoms. The molecule has 2 fully saturated rings. The van der Waals surface area contributed by atoms with Gasteiger partial charge in [-0.15, -0.1) is 0 Å². The fourth-order valence-electron chi connectivity index (χ4n) is 4.90. The minimum atomic E-state index is -0.186. The number of nitrogens with one attached hydrogen (secondary N) is 2. The number of ether oxygens (including phenoxy) is 2. The Balaban J connectivity index is 1.30. The molecule has 5 rings (SSSR count). The molecular weight excluding hydrogens is 490 g/mol. The summed E-state index contributed by atoms with van der Waals surface area (Å²) in [5.41, 5.74) is 2.55. The number of rotatable bonds is 12. The van der Waals surface area contributed by atoms with Gasteiger partial charge in [0.05, 0.1) is 17.8 Å². The molecule has 8 nitrogen and oxygen atoms in total. The zero-order chi connectivity index (χ0) is 27.0. The standard InChI is InChI=1S/C31H39N5O3/c1-22(25-7-4-3-5-8-25)34-31-26-17-28(29(39-20-24-10-11-24)18-27(26)32-21-33-31)35-30(37)9-6-14-36(2)19-23-12-15-38-16-13-23/h3-9,17-18,21-24H,10-16,19-20H2,1-2H3,(H,35,37)(H,32,33,34). The molecule has 1 unspecified atom stereocenters. The molecule has 206 valence electrons. The van der Waals surface area contributed by atoms with Crippen LogP contribution in [0.5, 0.6) is 5.75 Å². The van der Waals surface area contributed by atoms with Gasteiger partial charge in [-0.25, -0.2) is 9.97 Å². The van der Waals surface area contributed by atoms with Crippen LogP contribution in [-0.2, 0) is 9.53 Å². The van der Waals surface area contributed by atoms with Gasteiger partial charge in [0, 0.05) is 49.9 Å². The summed E-state index contributed by atoms with van der Waals surface area (Å²) in [6.07, 6.45) is 9.66. The van der Waals surface area contributed by atoms with Gasteiger partial charge in [0.25, 0.3) is 0 Å². The van der Waals surface area contributed by atoms with Crippen LogP contribution in [0.1, 0.15) is 44.2 Å². The third-order valence-electron chi connectivity index (χ3n) is 7.42. The molecule has 1 amide bonds. The summed E-state index contributed by atoms with van der Waals surface area (Å²) >= 11 is 0. The topological polar surface area (TPSA) is 88.6 Å². The van der Waals surface area contributed by atoms with Crippen molar-refractivity contribution in [3.05, 3.63) is 66.5 Å². The Morgan fingerprint density at radius 3 is 2.69 bits per heavy atom. The number of anilines is 2. The van der Waals surface area contributed by atoms with E-state index in [0.29, 0.717) is 42.2 Å². The highest BCUT2D eigenvalue weighted by molar-refractivity contribution is 6.03. The van der Waals surface area contributed by atoms with Crippen molar-refractivity contribution in [3.8, 4) is 5.75 Å². The van der Waals surface area contributed by atoms with Crippen LogP contribution < -0.4 is 15.4 Å². The monoisotopic (exact) mass is 529 g/mol. The van der Waals surface area contributed by atoms with Crippen LogP contribution in [0.2, 0.25) is 0 Å². The van der Waals surface area contributed by atoms with Crippen molar-refractivity contribution in [2.45, 2.75) is 38.6 Å². The van der Waals surface area contributed by atoms with Gasteiger partial charge >= 0.3 is 0 Å². The van der Waals surface area contributed by atoms with Crippen molar-refractivity contribution >= 4 is 28.3 Å². The summed E-state index contributed by atoms with van der Waals surface area (Å²) in [7, 11) is 2.09. The summed E-state index contributed by atoms with van der Waals surface area (Å²) < 4.78 is 11.6. The quantitative estimate of drug-likeness (QED) is 0.302. The van der Waals surface area contributed by atoms with Crippen molar-refractivity contribution < 1.29 is 14.3 Å². The Morgan fingerprint density at radius 1 is 1.13 bits per heavy atom. The third-order valence-corrected chi connectivity index (χ3v) is 7.42. The summed E-state index contributed by atoms with van der Waals surface area (Å²) in [5, 5.41) is 7.38. The molecule has 2 N–H and O–H groups in total. The van der Waals surface area contributed by atoms with Crippen LogP contribution in [0.25, 0.3) is 10.9 Å². The highest BCUT2D eigenvalue weighted by Gasteiger charge is 2.23. The van der Waals surface area contributed by atoms with Gasteiger partial charge in [-0.2, -0.15) is 0 Å². The smallest absolute Gasteiger partial charge is 0.248 e. The van der Waals surface area contributed by atoms with E-state index in [4.69, 9.17) is 9.47 Å². The van der Waals surface area contributed by atoms with Crippen LogP contribution in [0.4, 0.5) is 11.5 Å². The lowest BCUT2D eigenvalue weighted by molar-refractivity contribution is -0.111. The number of nitrogens with zero attached hydrogens (tertiary/aromatic N) is 3. The van der Waals surface area contributed by atoms with E-state index >= 15 is 0 Å². The maximum absolute atomic E-state index is 12.9. The molecule has 39 heavy (non-hydrogen) atoms. The van der Waals surface area contributed by atoms with Gasteiger partial charge < -0.3 is 25.0 Å². The fraction of sp³-hybridized carbons (Fsp3) is 0.452. The van der Waals surface area contributed by atoms with Crippen LogP contribution >= 0.6 is 0 Å². The Labute approximate surface area is 230 Å². The van der Waals surface area contributed by atoms with Crippen LogP contribution in [-0.4, -0.2) is 60.7 Å². The largest absolute Gasteiger partial charge is 0.491 e. The Bertz CT molecular complexity index is 1270. The lowest BCUT2D eigenvalue weighted by Crippen LogP contribution is -2.29. The normalized spacial score (nSPS) is 17.0. The molecule has 2 aliphatic rings. The highest BCUT2D eigenvalue weighted by Crippen LogP contribution is 2.36. The zero-order valence-corrected chi connectivity index (χ0v) is 22.9. The molecule has 0 radical (unpaired) electrons. The van der Waals surface area contributed by atoms with Gasteiger partial charge in [-0.1, -0.05) is 36.4 Å². The zero-order valence-electron chi connectivity index (χ0n) is 22.9. The van der Waals surface area contributed by atoms with E-state index in [2.05, 4.69) is 51.6 Å². The van der Waals surface area contributed by atoms with Gasteiger partial charge in [0.15, 0.2) is 0 Å². The number of benzene rings is 2. The average molecular weight is 530 g/mol. The molecule has 0 spiro atoms. The fourth-order valence-corrected chi connectivity index (χ4v) is 4.90. The van der Waals surface area contributed by atoms with Crippen molar-refractivity contribution in [3.63, 3.8) is 0 Å². The summed E-state index contributed by atoms with van der Waals surface area (Å²) in [4.78, 5) is 24.2. The molecule has 3 aromatic rings. The maximum Gasteiger partial charge on any atom is 0.248 e. The van der Waals surface area contributed by atoms with Crippen LogP contribution in [0.15, 0.2) is 60.9 Å². The summed E-state index contributed by atoms with van der Waals surface area (Å²) in [6.45, 7) is 6.16. The Hall–Kier alpha value is -3.49. The van der Waals surface area contributed by atoms with E-state index < -0.39 is 0 Å². The number of fused-ring (bicyclic) bond motifs is 1. The first-order valence-corrected chi connectivity index (χ1v) is 14.0. The molecular formula is C31H39N5O3. The van der Waals surface area contributed by atoms with E-state index in [0.717, 1.165) is 49.1 Å². The second-order valence-electron chi connectivity index (χ2n) is 10.8. The molecule has 1 atom stereocenters. The Kier molecular flexibility index (Phi) is 9.06. The molecule has 2 heterocycles. The summed E-state index contributed by atoms with van der Waals surface area (Å²) in [5.74, 6) is 2.41. The number of hydrogen-bond acceptors (Lipinski definition) is 7. The minimum Gasteiger partial charge on any atom is -0.491 e. The first-order valence-electron chi connectivity index (χ1n) is 14.0. The second kappa shape index (κ2) is 13.0. The first-order chi connectivity index (χ1) is 19.0. The van der Waals surface area contributed by atoms with E-state index in [1.165, 1.54) is 12.8 Å². The third kappa shape index (κ3) is 7.77. The van der Waals surface area contributed by atoms with Crippen molar-refractivity contribution in [2.24, 2.45) is 11.8 Å². The predicted octanol–water partition coefficient (Wildman–Crippen LogP) is 5.44. The van der Waals surface area contributed by atoms with Gasteiger partial charge in [0.2, 0.25) is 5.91 Å². The molecule has 1 saturated carbocycles. The van der Waals surface area contributed by atoms with E-state index in [9.17, 15) is 4.79 Å². The lowest BCUT2D eigenvalue weighted by atomic mass is 10.00. The Morgan fingerprint density at radius 2 is 1.92 bits per heavy atom. The average Bonchev–Trinajstić information content (AvgIpc) is 3.78.